The predicted octanol–water partition coefficient (Wildman–Crippen LogP) is 1.28. The van der Waals surface area contributed by atoms with E-state index >= 15 is 0 Å². The van der Waals surface area contributed by atoms with Gasteiger partial charge in [-0.15, -0.1) is 0 Å². The van der Waals surface area contributed by atoms with E-state index < -0.39 is 10.0 Å². The van der Waals surface area contributed by atoms with E-state index in [0.717, 1.165) is 4.47 Å². The van der Waals surface area contributed by atoms with Crippen molar-refractivity contribution in [2.45, 2.75) is 30.8 Å². The molecule has 7 heteroatoms. The summed E-state index contributed by atoms with van der Waals surface area (Å²) in [5.41, 5.74) is 0. The third-order valence-corrected chi connectivity index (χ3v) is 4.17. The second-order valence-corrected chi connectivity index (χ2v) is 6.13. The van der Waals surface area contributed by atoms with Crippen LogP contribution in [0.4, 0.5) is 0 Å². The fraction of sp³-hybridized carbons (Fsp3) is 0.500. The molecule has 17 heavy (non-hydrogen) atoms. The van der Waals surface area contributed by atoms with Gasteiger partial charge < -0.3 is 5.11 Å². The molecule has 0 saturated carbocycles. The van der Waals surface area contributed by atoms with Crippen molar-refractivity contribution in [2.24, 2.45) is 0 Å². The number of hydrogen-bond donors (Lipinski definition) is 2. The number of rotatable bonds is 6. The molecule has 0 saturated heterocycles. The van der Waals surface area contributed by atoms with E-state index in [-0.39, 0.29) is 17.7 Å². The van der Waals surface area contributed by atoms with Crippen LogP contribution >= 0.6 is 15.9 Å². The van der Waals surface area contributed by atoms with Gasteiger partial charge in [0, 0.05) is 23.3 Å². The molecule has 0 spiro atoms. The molecule has 1 aromatic rings. The Kier molecular flexibility index (Phi) is 5.51. The number of aliphatic hydroxyl groups is 1. The first kappa shape index (κ1) is 14.6. The van der Waals surface area contributed by atoms with Gasteiger partial charge in [0.05, 0.1) is 0 Å². The Labute approximate surface area is 109 Å². The van der Waals surface area contributed by atoms with Crippen LogP contribution < -0.4 is 4.72 Å². The maximum Gasteiger partial charge on any atom is 0.258 e. The second kappa shape index (κ2) is 6.44. The van der Waals surface area contributed by atoms with Gasteiger partial charge in [-0.05, 0) is 40.9 Å². The lowest BCUT2D eigenvalue weighted by molar-refractivity contribution is 0.270. The van der Waals surface area contributed by atoms with Crippen molar-refractivity contribution in [1.29, 1.82) is 0 Å². The molecule has 1 atom stereocenters. The first-order valence-corrected chi connectivity index (χ1v) is 7.52. The number of hydrogen-bond acceptors (Lipinski definition) is 4. The summed E-state index contributed by atoms with van der Waals surface area (Å²) < 4.78 is 27.1. The minimum Gasteiger partial charge on any atom is -0.396 e. The molecule has 0 amide bonds. The van der Waals surface area contributed by atoms with Crippen LogP contribution in [0.5, 0.6) is 0 Å². The summed E-state index contributed by atoms with van der Waals surface area (Å²) in [4.78, 5) is 3.84. The molecule has 96 valence electrons. The van der Waals surface area contributed by atoms with Gasteiger partial charge in [-0.3, -0.25) is 0 Å². The first-order valence-electron chi connectivity index (χ1n) is 5.24. The molecular weight excluding hydrogens is 308 g/mol. The van der Waals surface area contributed by atoms with Crippen molar-refractivity contribution in [1.82, 2.24) is 9.71 Å². The molecule has 0 bridgehead atoms. The van der Waals surface area contributed by atoms with Gasteiger partial charge in [-0.2, -0.15) is 0 Å². The average molecular weight is 323 g/mol. The zero-order valence-corrected chi connectivity index (χ0v) is 11.8. The maximum atomic E-state index is 11.9. The molecule has 0 aliphatic carbocycles. The summed E-state index contributed by atoms with van der Waals surface area (Å²) in [5, 5.41) is 8.80. The number of sulfonamides is 1. The summed E-state index contributed by atoms with van der Waals surface area (Å²) in [5.74, 6) is 0. The highest BCUT2D eigenvalue weighted by molar-refractivity contribution is 9.10. The quantitative estimate of drug-likeness (QED) is 0.827. The number of aromatic nitrogens is 1. The topological polar surface area (TPSA) is 79.3 Å². The van der Waals surface area contributed by atoms with Crippen LogP contribution in [-0.4, -0.2) is 31.2 Å². The van der Waals surface area contributed by atoms with Crippen molar-refractivity contribution < 1.29 is 13.5 Å². The molecule has 0 fully saturated rings. The Hall–Kier alpha value is -0.500. The molecule has 1 heterocycles. The lowest BCUT2D eigenvalue weighted by Gasteiger charge is -2.15. The highest BCUT2D eigenvalue weighted by atomic mass is 79.9. The van der Waals surface area contributed by atoms with Gasteiger partial charge in [-0.25, -0.2) is 18.1 Å². The van der Waals surface area contributed by atoms with E-state index in [9.17, 15) is 8.42 Å². The van der Waals surface area contributed by atoms with Crippen LogP contribution in [0.3, 0.4) is 0 Å². The number of nitrogens with one attached hydrogen (secondary N) is 1. The number of halogens is 1. The van der Waals surface area contributed by atoms with E-state index in [1.165, 1.54) is 12.3 Å². The van der Waals surface area contributed by atoms with Gasteiger partial charge >= 0.3 is 0 Å². The Balaban J connectivity index is 2.84. The summed E-state index contributed by atoms with van der Waals surface area (Å²) >= 11 is 3.19. The fourth-order valence-electron chi connectivity index (χ4n) is 1.30. The SMILES string of the molecule is CCC(CCO)NS(=O)(=O)c1ccc(Br)cn1. The largest absolute Gasteiger partial charge is 0.396 e. The van der Waals surface area contributed by atoms with Crippen molar-refractivity contribution in [3.63, 3.8) is 0 Å². The number of pyridine rings is 1. The summed E-state index contributed by atoms with van der Waals surface area (Å²) in [6, 6.07) is 2.78. The molecule has 0 aromatic carbocycles. The third-order valence-electron chi connectivity index (χ3n) is 2.27. The van der Waals surface area contributed by atoms with Crippen molar-refractivity contribution in [3.8, 4) is 0 Å². The minimum atomic E-state index is -3.60. The number of nitrogens with zero attached hydrogens (tertiary/aromatic N) is 1. The molecule has 1 unspecified atom stereocenters. The summed E-state index contributed by atoms with van der Waals surface area (Å²) in [6.45, 7) is 1.81. The molecular formula is C10H15BrN2O3S. The highest BCUT2D eigenvalue weighted by Crippen LogP contribution is 2.12. The Morgan fingerprint density at radius 1 is 1.53 bits per heavy atom. The molecule has 1 aromatic heterocycles. The van der Waals surface area contributed by atoms with Crippen LogP contribution in [0.2, 0.25) is 0 Å². The van der Waals surface area contributed by atoms with E-state index in [4.69, 9.17) is 5.11 Å². The van der Waals surface area contributed by atoms with E-state index in [1.807, 2.05) is 6.92 Å². The van der Waals surface area contributed by atoms with Gasteiger partial charge in [0.1, 0.15) is 0 Å². The van der Waals surface area contributed by atoms with Crippen molar-refractivity contribution in [3.05, 3.63) is 22.8 Å². The third kappa shape index (κ3) is 4.34. The standard InChI is InChI=1S/C10H15BrN2O3S/c1-2-9(5-6-14)13-17(15,16)10-4-3-8(11)7-12-10/h3-4,7,9,13-14H,2,5-6H2,1H3. The minimum absolute atomic E-state index is 0.0166. The molecule has 5 nitrogen and oxygen atoms in total. The second-order valence-electron chi connectivity index (χ2n) is 3.55. The molecule has 2 N–H and O–H groups in total. The summed E-state index contributed by atoms with van der Waals surface area (Å²) in [6.07, 6.45) is 2.45. The molecule has 0 radical (unpaired) electrons. The van der Waals surface area contributed by atoms with Crippen LogP contribution in [0.25, 0.3) is 0 Å². The van der Waals surface area contributed by atoms with Crippen LogP contribution in [-0.2, 0) is 10.0 Å². The van der Waals surface area contributed by atoms with Gasteiger partial charge in [0.2, 0.25) is 0 Å². The maximum absolute atomic E-state index is 11.9. The monoisotopic (exact) mass is 322 g/mol. The average Bonchev–Trinajstić information content (AvgIpc) is 2.28. The van der Waals surface area contributed by atoms with Crippen LogP contribution in [0.15, 0.2) is 27.8 Å². The van der Waals surface area contributed by atoms with E-state index in [2.05, 4.69) is 25.6 Å². The lowest BCUT2D eigenvalue weighted by Crippen LogP contribution is -2.35. The van der Waals surface area contributed by atoms with Crippen LogP contribution in [0, 0.1) is 0 Å². The normalized spacial score (nSPS) is 13.6. The van der Waals surface area contributed by atoms with Crippen molar-refractivity contribution >= 4 is 26.0 Å². The van der Waals surface area contributed by atoms with Gasteiger partial charge in [0.25, 0.3) is 10.0 Å². The smallest absolute Gasteiger partial charge is 0.258 e. The van der Waals surface area contributed by atoms with Crippen molar-refractivity contribution in [2.75, 3.05) is 6.61 Å². The Morgan fingerprint density at radius 3 is 2.71 bits per heavy atom. The zero-order chi connectivity index (χ0) is 12.9. The molecule has 0 aliphatic rings. The fourth-order valence-corrected chi connectivity index (χ4v) is 2.82. The van der Waals surface area contributed by atoms with E-state index in [1.54, 1.807) is 6.07 Å². The zero-order valence-electron chi connectivity index (χ0n) is 9.43. The van der Waals surface area contributed by atoms with E-state index in [0.29, 0.717) is 12.8 Å². The number of aliphatic hydroxyl groups excluding tert-OH is 1. The lowest BCUT2D eigenvalue weighted by atomic mass is 10.2. The van der Waals surface area contributed by atoms with Crippen LogP contribution in [0.1, 0.15) is 19.8 Å². The molecule has 1 rings (SSSR count). The van der Waals surface area contributed by atoms with Gasteiger partial charge in [0.15, 0.2) is 5.03 Å². The molecule has 0 aliphatic heterocycles. The summed E-state index contributed by atoms with van der Waals surface area (Å²) in [7, 11) is -3.60. The highest BCUT2D eigenvalue weighted by Gasteiger charge is 2.19. The Morgan fingerprint density at radius 2 is 2.24 bits per heavy atom. The Bertz CT molecular complexity index is 447. The first-order chi connectivity index (χ1) is 7.99. The predicted molar refractivity (Wildman–Crippen MR) is 68.0 cm³/mol. The van der Waals surface area contributed by atoms with Gasteiger partial charge in [-0.1, -0.05) is 6.92 Å².